The van der Waals surface area contributed by atoms with Crippen molar-refractivity contribution in [2.24, 2.45) is 0 Å². The molecular formula is C15H20BF3N2O8S. The van der Waals surface area contributed by atoms with E-state index < -0.39 is 41.1 Å². The quantitative estimate of drug-likeness (QED) is 0.183. The molecule has 2 rings (SSSR count). The van der Waals surface area contributed by atoms with E-state index in [9.17, 15) is 31.4 Å². The molecule has 0 saturated heterocycles. The Morgan fingerprint density at radius 1 is 1.40 bits per heavy atom. The van der Waals surface area contributed by atoms with Crippen LogP contribution < -0.4 is 5.59 Å². The van der Waals surface area contributed by atoms with Gasteiger partial charge in [-0.2, -0.15) is 26.7 Å². The van der Waals surface area contributed by atoms with Crippen molar-refractivity contribution in [3.05, 3.63) is 23.6 Å². The van der Waals surface area contributed by atoms with Crippen LogP contribution in [0.1, 0.15) is 26.3 Å². The monoisotopic (exact) mass is 456 g/mol. The highest BCUT2D eigenvalue weighted by molar-refractivity contribution is 7.87. The predicted octanol–water partition coefficient (Wildman–Crippen LogP) is 0.252. The van der Waals surface area contributed by atoms with Gasteiger partial charge in [-0.25, -0.2) is 4.79 Å². The largest absolute Gasteiger partial charge is 0.534 e. The molecule has 0 amide bonds. The minimum absolute atomic E-state index is 0.0297. The average molecular weight is 456 g/mol. The van der Waals surface area contributed by atoms with Crippen LogP contribution in [0.15, 0.2) is 23.6 Å². The van der Waals surface area contributed by atoms with E-state index >= 15 is 0 Å². The number of halogens is 3. The van der Waals surface area contributed by atoms with Crippen LogP contribution in [0.5, 0.6) is 0 Å². The second kappa shape index (κ2) is 9.81. The van der Waals surface area contributed by atoms with Gasteiger partial charge in [0.25, 0.3) is 0 Å². The predicted molar refractivity (Wildman–Crippen MR) is 95.7 cm³/mol. The lowest BCUT2D eigenvalue weighted by Crippen LogP contribution is -2.40. The molecular weight excluding hydrogens is 436 g/mol. The first-order valence-electron chi connectivity index (χ1n) is 8.74. The third-order valence-corrected chi connectivity index (χ3v) is 4.83. The fourth-order valence-electron chi connectivity index (χ4n) is 2.45. The first-order valence-corrected chi connectivity index (χ1v) is 10.2. The van der Waals surface area contributed by atoms with E-state index in [0.717, 1.165) is 0 Å². The van der Waals surface area contributed by atoms with Crippen molar-refractivity contribution in [2.45, 2.75) is 31.8 Å². The molecule has 1 aliphatic rings. The number of alkyl halides is 3. The lowest BCUT2D eigenvalue weighted by Gasteiger charge is -2.20. The van der Waals surface area contributed by atoms with Crippen molar-refractivity contribution in [2.75, 3.05) is 26.4 Å². The van der Waals surface area contributed by atoms with Gasteiger partial charge in [0.05, 0.1) is 24.4 Å². The number of esters is 1. The van der Waals surface area contributed by atoms with Crippen LogP contribution in [0, 0.1) is 0 Å². The fourth-order valence-corrected chi connectivity index (χ4v) is 2.96. The Hall–Kier alpha value is -2.10. The van der Waals surface area contributed by atoms with Crippen LogP contribution in [0.25, 0.3) is 0 Å². The SMILES string of the molecule is CC(C)n1nccc1B(O)OCCOC(=O)C1=C(OS(=O)(=O)C(F)(F)F)COCC1. The highest BCUT2D eigenvalue weighted by Gasteiger charge is 2.49. The Bertz CT molecular complexity index is 885. The van der Waals surface area contributed by atoms with E-state index in [1.807, 2.05) is 13.8 Å². The first kappa shape index (κ1) is 24.2. The Balaban J connectivity index is 1.94. The molecule has 30 heavy (non-hydrogen) atoms. The molecule has 1 aliphatic heterocycles. The summed E-state index contributed by atoms with van der Waals surface area (Å²) in [6, 6.07) is 1.52. The van der Waals surface area contributed by atoms with Crippen molar-refractivity contribution < 1.29 is 49.7 Å². The molecule has 0 spiro atoms. The molecule has 0 unspecified atom stereocenters. The van der Waals surface area contributed by atoms with E-state index in [1.54, 1.807) is 6.07 Å². The van der Waals surface area contributed by atoms with Crippen molar-refractivity contribution in [1.82, 2.24) is 9.78 Å². The van der Waals surface area contributed by atoms with E-state index in [4.69, 9.17) is 14.1 Å². The van der Waals surface area contributed by atoms with Crippen molar-refractivity contribution in [3.63, 3.8) is 0 Å². The van der Waals surface area contributed by atoms with Crippen LogP contribution in [0.2, 0.25) is 0 Å². The zero-order valence-corrected chi connectivity index (χ0v) is 16.9. The maximum atomic E-state index is 12.5. The summed E-state index contributed by atoms with van der Waals surface area (Å²) in [5.74, 6) is -1.86. The van der Waals surface area contributed by atoms with Crippen LogP contribution in [-0.4, -0.2) is 68.2 Å². The normalized spacial score (nSPS) is 15.4. The van der Waals surface area contributed by atoms with Gasteiger partial charge in [-0.3, -0.25) is 4.68 Å². The number of rotatable bonds is 9. The zero-order valence-electron chi connectivity index (χ0n) is 16.1. The molecule has 0 atom stereocenters. The maximum absolute atomic E-state index is 12.5. The molecule has 0 aliphatic carbocycles. The van der Waals surface area contributed by atoms with Crippen LogP contribution in [0.3, 0.4) is 0 Å². The fraction of sp³-hybridized carbons (Fsp3) is 0.600. The van der Waals surface area contributed by atoms with Crippen LogP contribution >= 0.6 is 0 Å². The third-order valence-electron chi connectivity index (χ3n) is 3.84. The number of carbonyl (C=O) groups excluding carboxylic acids is 1. The average Bonchev–Trinajstić information content (AvgIpc) is 3.14. The van der Waals surface area contributed by atoms with Gasteiger partial charge in [-0.05, 0) is 19.9 Å². The molecule has 168 valence electrons. The summed E-state index contributed by atoms with van der Waals surface area (Å²) < 4.78 is 80.3. The number of aromatic nitrogens is 2. The molecule has 1 aromatic rings. The summed E-state index contributed by atoms with van der Waals surface area (Å²) >= 11 is 0. The molecule has 0 aromatic carbocycles. The summed E-state index contributed by atoms with van der Waals surface area (Å²) in [6.07, 6.45) is 1.29. The number of ether oxygens (including phenoxy) is 2. The lowest BCUT2D eigenvalue weighted by molar-refractivity contribution is -0.140. The molecule has 1 aromatic heterocycles. The molecule has 0 fully saturated rings. The van der Waals surface area contributed by atoms with Gasteiger partial charge in [-0.1, -0.05) is 0 Å². The minimum atomic E-state index is -5.95. The third kappa shape index (κ3) is 5.96. The van der Waals surface area contributed by atoms with Crippen molar-refractivity contribution >= 4 is 28.8 Å². The Morgan fingerprint density at radius 3 is 2.73 bits per heavy atom. The molecule has 15 heteroatoms. The van der Waals surface area contributed by atoms with E-state index in [-0.39, 0.29) is 37.9 Å². The van der Waals surface area contributed by atoms with Gasteiger partial charge in [0.2, 0.25) is 0 Å². The molecule has 2 heterocycles. The highest BCUT2D eigenvalue weighted by Crippen LogP contribution is 2.29. The van der Waals surface area contributed by atoms with Gasteiger partial charge in [0, 0.05) is 18.7 Å². The van der Waals surface area contributed by atoms with Gasteiger partial charge in [0.15, 0.2) is 5.76 Å². The van der Waals surface area contributed by atoms with E-state index in [0.29, 0.717) is 5.59 Å². The first-order chi connectivity index (χ1) is 13.9. The molecule has 10 nitrogen and oxygen atoms in total. The highest BCUT2D eigenvalue weighted by atomic mass is 32.2. The molecule has 0 bridgehead atoms. The Kier molecular flexibility index (Phi) is 7.90. The molecule has 0 saturated carbocycles. The second-order valence-corrected chi connectivity index (χ2v) is 7.88. The maximum Gasteiger partial charge on any atom is 0.534 e. The Morgan fingerprint density at radius 2 is 2.10 bits per heavy atom. The number of hydrogen-bond donors (Lipinski definition) is 1. The lowest BCUT2D eigenvalue weighted by atomic mass is 9.85. The molecule has 1 N–H and O–H groups in total. The topological polar surface area (TPSA) is 126 Å². The van der Waals surface area contributed by atoms with Gasteiger partial charge >= 0.3 is 28.7 Å². The number of hydrogen-bond acceptors (Lipinski definition) is 9. The van der Waals surface area contributed by atoms with Gasteiger partial charge in [-0.15, -0.1) is 0 Å². The van der Waals surface area contributed by atoms with Gasteiger partial charge < -0.3 is 23.3 Å². The van der Waals surface area contributed by atoms with Crippen molar-refractivity contribution in [1.29, 1.82) is 0 Å². The zero-order chi connectivity index (χ0) is 22.5. The van der Waals surface area contributed by atoms with Crippen molar-refractivity contribution in [3.8, 4) is 0 Å². The second-order valence-electron chi connectivity index (χ2n) is 6.34. The number of carbonyl (C=O) groups is 1. The Labute approximate surface area is 170 Å². The summed E-state index contributed by atoms with van der Waals surface area (Å²) in [5, 5.41) is 14.1. The summed E-state index contributed by atoms with van der Waals surface area (Å²) in [6.45, 7) is 2.45. The van der Waals surface area contributed by atoms with E-state index in [1.165, 1.54) is 10.9 Å². The summed E-state index contributed by atoms with van der Waals surface area (Å²) in [4.78, 5) is 12.1. The number of nitrogens with zero attached hydrogens (tertiary/aromatic N) is 2. The van der Waals surface area contributed by atoms with E-state index in [2.05, 4.69) is 9.28 Å². The minimum Gasteiger partial charge on any atom is -0.460 e. The van der Waals surface area contributed by atoms with Crippen LogP contribution in [-0.2, 0) is 33.2 Å². The van der Waals surface area contributed by atoms with Crippen LogP contribution in [0.4, 0.5) is 13.2 Å². The standard InChI is InChI=1S/C15H20BF3N2O8S/c1-10(2)21-13(3-5-20-21)16(23)28-8-7-27-14(22)11-4-6-26-9-12(11)29-30(24,25)15(17,18)19/h3,5,10,23H,4,6-9H2,1-2H3. The summed E-state index contributed by atoms with van der Waals surface area (Å²) in [5.41, 5.74) is -5.65. The smallest absolute Gasteiger partial charge is 0.460 e. The summed E-state index contributed by atoms with van der Waals surface area (Å²) in [7, 11) is -7.29. The van der Waals surface area contributed by atoms with Gasteiger partial charge in [0.1, 0.15) is 13.2 Å². The molecule has 0 radical (unpaired) electrons.